The largest absolute Gasteiger partial charge is 0.349 e. The molecular formula is C25H22FN3O3S. The molecule has 0 saturated heterocycles. The summed E-state index contributed by atoms with van der Waals surface area (Å²) in [5.41, 5.74) is 3.77. The third-order valence-corrected chi connectivity index (χ3v) is 7.04. The van der Waals surface area contributed by atoms with Crippen LogP contribution in [0, 0.1) is 12.7 Å². The number of amides is 1. The number of nitrogens with zero attached hydrogens (tertiary/aromatic N) is 2. The summed E-state index contributed by atoms with van der Waals surface area (Å²) < 4.78 is 39.8. The smallest absolute Gasteiger partial charge is 0.251 e. The molecule has 6 nitrogen and oxygen atoms in total. The van der Waals surface area contributed by atoms with Crippen molar-refractivity contribution in [3.05, 3.63) is 77.7 Å². The van der Waals surface area contributed by atoms with Gasteiger partial charge in [0, 0.05) is 23.2 Å². The van der Waals surface area contributed by atoms with E-state index in [1.54, 1.807) is 48.1 Å². The minimum atomic E-state index is -3.28. The lowest BCUT2D eigenvalue weighted by atomic mass is 9.96. The highest BCUT2D eigenvalue weighted by atomic mass is 32.2. The van der Waals surface area contributed by atoms with Crippen LogP contribution in [0.4, 0.5) is 4.39 Å². The molecule has 0 unspecified atom stereocenters. The van der Waals surface area contributed by atoms with Crippen LogP contribution in [0.15, 0.2) is 65.7 Å². The van der Waals surface area contributed by atoms with Gasteiger partial charge < -0.3 is 5.32 Å². The Labute approximate surface area is 191 Å². The molecule has 0 aliphatic heterocycles. The van der Waals surface area contributed by atoms with E-state index in [1.807, 2.05) is 18.2 Å². The number of carbonyl (C=O) groups is 1. The lowest BCUT2D eigenvalue weighted by molar-refractivity contribution is 0.0950. The Morgan fingerprint density at radius 1 is 1.09 bits per heavy atom. The van der Waals surface area contributed by atoms with E-state index in [-0.39, 0.29) is 16.8 Å². The Hall–Kier alpha value is -3.52. The van der Waals surface area contributed by atoms with E-state index in [9.17, 15) is 17.6 Å². The summed E-state index contributed by atoms with van der Waals surface area (Å²) in [6.45, 7) is 1.70. The molecule has 1 aliphatic rings. The maximum Gasteiger partial charge on any atom is 0.251 e. The van der Waals surface area contributed by atoms with Gasteiger partial charge in [0.1, 0.15) is 5.82 Å². The van der Waals surface area contributed by atoms with Crippen molar-refractivity contribution in [3.63, 3.8) is 0 Å². The van der Waals surface area contributed by atoms with Gasteiger partial charge in [-0.15, -0.1) is 0 Å². The van der Waals surface area contributed by atoms with Crippen molar-refractivity contribution >= 4 is 26.6 Å². The van der Waals surface area contributed by atoms with E-state index < -0.39 is 15.7 Å². The number of aromatic nitrogens is 2. The Kier molecular flexibility index (Phi) is 5.05. The molecule has 0 spiro atoms. The average molecular weight is 464 g/mol. The van der Waals surface area contributed by atoms with Crippen LogP contribution in [-0.4, -0.2) is 36.4 Å². The summed E-state index contributed by atoms with van der Waals surface area (Å²) in [4.78, 5) is 12.7. The topological polar surface area (TPSA) is 81.1 Å². The van der Waals surface area contributed by atoms with E-state index in [1.165, 1.54) is 12.3 Å². The third-order valence-electron chi connectivity index (χ3n) is 5.91. The molecule has 1 aliphatic carbocycles. The number of carbonyl (C=O) groups excluding carboxylic acids is 1. The van der Waals surface area contributed by atoms with Crippen molar-refractivity contribution in [2.24, 2.45) is 0 Å². The van der Waals surface area contributed by atoms with Crippen molar-refractivity contribution in [1.82, 2.24) is 15.1 Å². The van der Waals surface area contributed by atoms with Crippen molar-refractivity contribution in [2.75, 3.05) is 6.26 Å². The van der Waals surface area contributed by atoms with E-state index >= 15 is 0 Å². The van der Waals surface area contributed by atoms with Gasteiger partial charge in [-0.3, -0.25) is 4.79 Å². The summed E-state index contributed by atoms with van der Waals surface area (Å²) >= 11 is 0. The first-order chi connectivity index (χ1) is 15.7. The molecule has 1 N–H and O–H groups in total. The van der Waals surface area contributed by atoms with Crippen LogP contribution in [0.1, 0.15) is 28.8 Å². The van der Waals surface area contributed by atoms with Crippen molar-refractivity contribution in [1.29, 1.82) is 0 Å². The maximum absolute atomic E-state index is 14.7. The second kappa shape index (κ2) is 7.81. The number of benzene rings is 3. The SMILES string of the molecule is Cc1c(F)cc(C(=O)NC2CC2)cc1-c1ccc2c(cnn2-c2ccc(S(C)(=O)=O)cc2)c1. The number of halogens is 1. The number of rotatable bonds is 5. The normalized spacial score (nSPS) is 13.9. The number of hydrogen-bond donors (Lipinski definition) is 1. The van der Waals surface area contributed by atoms with Gasteiger partial charge in [0.25, 0.3) is 5.91 Å². The molecule has 5 rings (SSSR count). The average Bonchev–Trinajstić information content (AvgIpc) is 3.50. The fourth-order valence-corrected chi connectivity index (χ4v) is 4.48. The summed E-state index contributed by atoms with van der Waals surface area (Å²) in [7, 11) is -3.28. The van der Waals surface area contributed by atoms with Crippen LogP contribution in [0.2, 0.25) is 0 Å². The van der Waals surface area contributed by atoms with Gasteiger partial charge in [0.05, 0.1) is 22.3 Å². The Bertz CT molecular complexity index is 1500. The number of fused-ring (bicyclic) bond motifs is 1. The van der Waals surface area contributed by atoms with Crippen LogP contribution < -0.4 is 5.32 Å². The molecule has 0 atom stereocenters. The molecule has 0 bridgehead atoms. The molecule has 1 aromatic heterocycles. The standard InChI is InChI=1S/C25H22FN3O3S/c1-15-22(12-17(13-23(15)26)25(30)28-19-4-5-19)16-3-10-24-18(11-16)14-27-29(24)20-6-8-21(9-7-20)33(2,31)32/h3,6-14,19H,4-5H2,1-2H3,(H,28,30). The lowest BCUT2D eigenvalue weighted by Crippen LogP contribution is -2.25. The van der Waals surface area contributed by atoms with Gasteiger partial charge in [-0.1, -0.05) is 6.07 Å². The quantitative estimate of drug-likeness (QED) is 0.475. The van der Waals surface area contributed by atoms with Gasteiger partial charge >= 0.3 is 0 Å². The number of nitrogens with one attached hydrogen (secondary N) is 1. The molecule has 1 fully saturated rings. The maximum atomic E-state index is 14.7. The molecule has 8 heteroatoms. The monoisotopic (exact) mass is 463 g/mol. The predicted octanol–water partition coefficient (Wildman–Crippen LogP) is 4.44. The molecule has 1 heterocycles. The zero-order valence-electron chi connectivity index (χ0n) is 18.2. The first-order valence-electron chi connectivity index (χ1n) is 10.6. The van der Waals surface area contributed by atoms with E-state index in [0.717, 1.165) is 35.0 Å². The molecule has 1 amide bonds. The van der Waals surface area contributed by atoms with Crippen molar-refractivity contribution < 1.29 is 17.6 Å². The van der Waals surface area contributed by atoms with Crippen molar-refractivity contribution in [3.8, 4) is 16.8 Å². The number of sulfone groups is 1. The Morgan fingerprint density at radius 2 is 1.82 bits per heavy atom. The Morgan fingerprint density at radius 3 is 2.48 bits per heavy atom. The van der Waals surface area contributed by atoms with Gasteiger partial charge in [0.2, 0.25) is 0 Å². The highest BCUT2D eigenvalue weighted by Crippen LogP contribution is 2.31. The van der Waals surface area contributed by atoms with Crippen LogP contribution in [-0.2, 0) is 9.84 Å². The second-order valence-corrected chi connectivity index (χ2v) is 10.5. The van der Waals surface area contributed by atoms with Crippen LogP contribution in [0.5, 0.6) is 0 Å². The van der Waals surface area contributed by atoms with Crippen LogP contribution in [0.3, 0.4) is 0 Å². The fourth-order valence-electron chi connectivity index (χ4n) is 3.85. The third kappa shape index (κ3) is 4.14. The fraction of sp³-hybridized carbons (Fsp3) is 0.200. The number of hydrogen-bond acceptors (Lipinski definition) is 4. The van der Waals surface area contributed by atoms with E-state index in [2.05, 4.69) is 10.4 Å². The van der Waals surface area contributed by atoms with E-state index in [4.69, 9.17) is 0 Å². The molecule has 4 aromatic rings. The van der Waals surface area contributed by atoms with E-state index in [0.29, 0.717) is 16.7 Å². The highest BCUT2D eigenvalue weighted by Gasteiger charge is 2.24. The van der Waals surface area contributed by atoms with Crippen LogP contribution >= 0.6 is 0 Å². The highest BCUT2D eigenvalue weighted by molar-refractivity contribution is 7.90. The zero-order chi connectivity index (χ0) is 23.3. The zero-order valence-corrected chi connectivity index (χ0v) is 19.0. The lowest BCUT2D eigenvalue weighted by Gasteiger charge is -2.12. The van der Waals surface area contributed by atoms with Gasteiger partial charge in [-0.05, 0) is 85.0 Å². The van der Waals surface area contributed by atoms with Gasteiger partial charge in [-0.25, -0.2) is 17.5 Å². The first-order valence-corrected chi connectivity index (χ1v) is 12.5. The molecule has 0 radical (unpaired) electrons. The van der Waals surface area contributed by atoms with Gasteiger partial charge in [-0.2, -0.15) is 5.10 Å². The Balaban J connectivity index is 1.52. The molecule has 168 valence electrons. The first kappa shape index (κ1) is 21.3. The van der Waals surface area contributed by atoms with Gasteiger partial charge in [0.15, 0.2) is 9.84 Å². The molecular weight excluding hydrogens is 441 g/mol. The molecule has 3 aromatic carbocycles. The molecule has 33 heavy (non-hydrogen) atoms. The summed E-state index contributed by atoms with van der Waals surface area (Å²) in [6, 6.07) is 15.4. The minimum absolute atomic E-state index is 0.194. The summed E-state index contributed by atoms with van der Waals surface area (Å²) in [6.07, 6.45) is 4.80. The van der Waals surface area contributed by atoms with Crippen LogP contribution in [0.25, 0.3) is 27.7 Å². The molecule has 1 saturated carbocycles. The van der Waals surface area contributed by atoms with Crippen molar-refractivity contribution in [2.45, 2.75) is 30.7 Å². The summed E-state index contributed by atoms with van der Waals surface area (Å²) in [5, 5.41) is 8.19. The second-order valence-electron chi connectivity index (χ2n) is 8.47. The summed E-state index contributed by atoms with van der Waals surface area (Å²) in [5.74, 6) is -0.681. The minimum Gasteiger partial charge on any atom is -0.349 e. The predicted molar refractivity (Wildman–Crippen MR) is 125 cm³/mol.